The first-order chi connectivity index (χ1) is 15.8. The normalized spacial score (nSPS) is 17.6. The summed E-state index contributed by atoms with van der Waals surface area (Å²) in [6, 6.07) is 11.0. The summed E-state index contributed by atoms with van der Waals surface area (Å²) in [5.74, 6) is -0.793. The van der Waals surface area contributed by atoms with Crippen molar-refractivity contribution < 1.29 is 28.9 Å². The minimum absolute atomic E-state index is 0.00223. The van der Waals surface area contributed by atoms with E-state index in [0.29, 0.717) is 47.2 Å². The number of ketones is 1. The molecule has 1 atom stereocenters. The Kier molecular flexibility index (Phi) is 8.00. The number of carbonyl (C=O) groups excluding carboxylic acids is 2. The van der Waals surface area contributed by atoms with Crippen molar-refractivity contribution in [3.05, 3.63) is 64.2 Å². The highest BCUT2D eigenvalue weighted by atomic mass is 35.5. The fraction of sp³-hybridized carbons (Fsp3) is 0.360. The van der Waals surface area contributed by atoms with Gasteiger partial charge in [-0.3, -0.25) is 9.59 Å². The maximum atomic E-state index is 13.1. The van der Waals surface area contributed by atoms with Crippen LogP contribution in [0.1, 0.15) is 37.4 Å². The molecule has 0 saturated carbocycles. The molecule has 2 aromatic carbocycles. The van der Waals surface area contributed by atoms with Crippen molar-refractivity contribution in [3.8, 4) is 11.5 Å². The van der Waals surface area contributed by atoms with Gasteiger partial charge in [-0.1, -0.05) is 23.7 Å². The lowest BCUT2D eigenvalue weighted by Gasteiger charge is -2.25. The van der Waals surface area contributed by atoms with E-state index in [0.717, 1.165) is 0 Å². The summed E-state index contributed by atoms with van der Waals surface area (Å²) in [5, 5.41) is 11.5. The van der Waals surface area contributed by atoms with Gasteiger partial charge in [-0.2, -0.15) is 0 Å². The third-order valence-electron chi connectivity index (χ3n) is 5.37. The molecule has 1 heterocycles. The lowest BCUT2D eigenvalue weighted by atomic mass is 9.95. The van der Waals surface area contributed by atoms with Crippen LogP contribution in [0.2, 0.25) is 5.02 Å². The van der Waals surface area contributed by atoms with Crippen LogP contribution in [0.3, 0.4) is 0 Å². The van der Waals surface area contributed by atoms with Crippen LogP contribution in [-0.2, 0) is 14.3 Å². The lowest BCUT2D eigenvalue weighted by molar-refractivity contribution is -0.140. The molecule has 33 heavy (non-hydrogen) atoms. The first-order valence-electron chi connectivity index (χ1n) is 10.7. The number of Topliss-reactive ketones (excluding diaryl/α,β-unsaturated/α-hetero) is 1. The van der Waals surface area contributed by atoms with Gasteiger partial charge in [-0.05, 0) is 56.2 Å². The van der Waals surface area contributed by atoms with Gasteiger partial charge in [-0.25, -0.2) is 0 Å². The Morgan fingerprint density at radius 1 is 1.12 bits per heavy atom. The minimum atomic E-state index is -0.777. The third kappa shape index (κ3) is 5.31. The van der Waals surface area contributed by atoms with Crippen LogP contribution in [0.5, 0.6) is 11.5 Å². The highest BCUT2D eigenvalue weighted by Gasteiger charge is 2.46. The molecule has 1 saturated heterocycles. The zero-order valence-corrected chi connectivity index (χ0v) is 19.9. The molecule has 2 aromatic rings. The summed E-state index contributed by atoms with van der Waals surface area (Å²) >= 11 is 6.11. The number of amides is 1. The standard InChI is InChI=1S/C25H28ClNO6/c1-15(2)33-12-6-11-27-22(16-7-5-8-18(13-16)31-3)21(24(29)25(27)30)23(28)17-9-10-19(26)20(14-17)32-4/h5,7-10,13-15,22,28H,6,11-12H2,1-4H3/b23-21-. The molecule has 0 aliphatic carbocycles. The summed E-state index contributed by atoms with van der Waals surface area (Å²) in [6.45, 7) is 4.60. The molecule has 1 unspecified atom stereocenters. The number of hydrogen-bond donors (Lipinski definition) is 1. The molecule has 0 radical (unpaired) electrons. The van der Waals surface area contributed by atoms with E-state index in [1.807, 2.05) is 13.8 Å². The molecule has 1 aliphatic heterocycles. The van der Waals surface area contributed by atoms with E-state index in [1.165, 1.54) is 18.1 Å². The van der Waals surface area contributed by atoms with E-state index in [9.17, 15) is 14.7 Å². The quantitative estimate of drug-likeness (QED) is 0.248. The predicted molar refractivity (Wildman–Crippen MR) is 126 cm³/mol. The Hall–Kier alpha value is -3.03. The highest BCUT2D eigenvalue weighted by Crippen LogP contribution is 2.41. The Bertz CT molecular complexity index is 1060. The van der Waals surface area contributed by atoms with E-state index in [1.54, 1.807) is 43.5 Å². The summed E-state index contributed by atoms with van der Waals surface area (Å²) in [4.78, 5) is 27.6. The maximum Gasteiger partial charge on any atom is 0.295 e. The maximum absolute atomic E-state index is 13.1. The Balaban J connectivity index is 2.08. The van der Waals surface area contributed by atoms with Crippen LogP contribution < -0.4 is 9.47 Å². The number of rotatable bonds is 9. The van der Waals surface area contributed by atoms with Crippen LogP contribution in [0.15, 0.2) is 48.0 Å². The molecule has 7 nitrogen and oxygen atoms in total. The molecule has 0 spiro atoms. The molecular weight excluding hydrogens is 446 g/mol. The number of ether oxygens (including phenoxy) is 3. The molecule has 1 fully saturated rings. The number of halogens is 1. The van der Waals surface area contributed by atoms with Crippen LogP contribution in [0.25, 0.3) is 5.76 Å². The second-order valence-corrected chi connectivity index (χ2v) is 8.30. The van der Waals surface area contributed by atoms with Crippen molar-refractivity contribution in [3.63, 3.8) is 0 Å². The van der Waals surface area contributed by atoms with Crippen LogP contribution in [0, 0.1) is 0 Å². The van der Waals surface area contributed by atoms with Crippen molar-refractivity contribution in [2.24, 2.45) is 0 Å². The zero-order chi connectivity index (χ0) is 24.1. The SMILES string of the molecule is COc1cccc(C2/C(=C(/O)c3ccc(Cl)c(OC)c3)C(=O)C(=O)N2CCCOC(C)C)c1. The second kappa shape index (κ2) is 10.7. The fourth-order valence-electron chi connectivity index (χ4n) is 3.79. The smallest absolute Gasteiger partial charge is 0.295 e. The van der Waals surface area contributed by atoms with E-state index < -0.39 is 17.7 Å². The molecular formula is C25H28ClNO6. The number of aliphatic hydroxyl groups excluding tert-OH is 1. The van der Waals surface area contributed by atoms with Gasteiger partial charge in [-0.15, -0.1) is 0 Å². The zero-order valence-electron chi connectivity index (χ0n) is 19.1. The van der Waals surface area contributed by atoms with Gasteiger partial charge in [0.05, 0.1) is 37.0 Å². The molecule has 3 rings (SSSR count). The number of benzene rings is 2. The average Bonchev–Trinajstić information content (AvgIpc) is 3.06. The van der Waals surface area contributed by atoms with E-state index in [-0.39, 0.29) is 17.4 Å². The Labute approximate surface area is 198 Å². The largest absolute Gasteiger partial charge is 0.507 e. The number of hydrogen-bond acceptors (Lipinski definition) is 6. The van der Waals surface area contributed by atoms with Crippen molar-refractivity contribution in [2.45, 2.75) is 32.4 Å². The van der Waals surface area contributed by atoms with Crippen LogP contribution >= 0.6 is 11.6 Å². The Morgan fingerprint density at radius 3 is 2.55 bits per heavy atom. The topological polar surface area (TPSA) is 85.3 Å². The number of nitrogens with zero attached hydrogens (tertiary/aromatic N) is 1. The molecule has 8 heteroatoms. The van der Waals surface area contributed by atoms with Crippen molar-refractivity contribution in [1.29, 1.82) is 0 Å². The summed E-state index contributed by atoms with van der Waals surface area (Å²) in [7, 11) is 3.00. The number of methoxy groups -OCH3 is 2. The Morgan fingerprint density at radius 2 is 1.88 bits per heavy atom. The van der Waals surface area contributed by atoms with Gasteiger partial charge in [0.1, 0.15) is 17.3 Å². The van der Waals surface area contributed by atoms with Gasteiger partial charge >= 0.3 is 0 Å². The molecule has 176 valence electrons. The molecule has 1 N–H and O–H groups in total. The van der Waals surface area contributed by atoms with Gasteiger partial charge in [0, 0.05) is 18.7 Å². The monoisotopic (exact) mass is 473 g/mol. The van der Waals surface area contributed by atoms with Gasteiger partial charge in [0.2, 0.25) is 0 Å². The summed E-state index contributed by atoms with van der Waals surface area (Å²) in [5.41, 5.74) is 0.980. The van der Waals surface area contributed by atoms with Gasteiger partial charge < -0.3 is 24.2 Å². The first-order valence-corrected chi connectivity index (χ1v) is 11.0. The van der Waals surface area contributed by atoms with Gasteiger partial charge in [0.25, 0.3) is 11.7 Å². The van der Waals surface area contributed by atoms with E-state index in [4.69, 9.17) is 25.8 Å². The number of carbonyl (C=O) groups is 2. The van der Waals surface area contributed by atoms with Crippen LogP contribution in [0.4, 0.5) is 0 Å². The van der Waals surface area contributed by atoms with Gasteiger partial charge in [0.15, 0.2) is 0 Å². The molecule has 0 aromatic heterocycles. The number of likely N-dealkylation sites (tertiary alicyclic amines) is 1. The lowest BCUT2D eigenvalue weighted by Crippen LogP contribution is -2.31. The van der Waals surface area contributed by atoms with E-state index in [2.05, 4.69) is 0 Å². The number of aliphatic hydroxyl groups is 1. The summed E-state index contributed by atoms with van der Waals surface area (Å²) in [6.07, 6.45) is 0.606. The average molecular weight is 474 g/mol. The first kappa shape index (κ1) is 24.6. The fourth-order valence-corrected chi connectivity index (χ4v) is 3.98. The molecule has 0 bridgehead atoms. The van der Waals surface area contributed by atoms with Crippen molar-refractivity contribution in [1.82, 2.24) is 4.90 Å². The third-order valence-corrected chi connectivity index (χ3v) is 5.68. The molecule has 1 amide bonds. The van der Waals surface area contributed by atoms with Crippen molar-refractivity contribution in [2.75, 3.05) is 27.4 Å². The molecule has 1 aliphatic rings. The van der Waals surface area contributed by atoms with E-state index >= 15 is 0 Å². The van der Waals surface area contributed by atoms with Crippen molar-refractivity contribution >= 4 is 29.1 Å². The predicted octanol–water partition coefficient (Wildman–Crippen LogP) is 4.59. The highest BCUT2D eigenvalue weighted by molar-refractivity contribution is 6.46. The minimum Gasteiger partial charge on any atom is -0.507 e. The van der Waals surface area contributed by atoms with Crippen LogP contribution in [-0.4, -0.2) is 55.2 Å². The second-order valence-electron chi connectivity index (χ2n) is 7.89. The summed E-state index contributed by atoms with van der Waals surface area (Å²) < 4.78 is 16.2.